The molecule has 0 spiro atoms. The van der Waals surface area contributed by atoms with Crippen molar-refractivity contribution >= 4 is 5.82 Å². The minimum Gasteiger partial charge on any atom is -0.379 e. The molecule has 0 saturated carbocycles. The fraction of sp³-hybridized carbons (Fsp3) is 0.643. The molecule has 2 aliphatic heterocycles. The van der Waals surface area contributed by atoms with Gasteiger partial charge in [-0.3, -0.25) is 4.90 Å². The number of fused-ring (bicyclic) bond motifs is 3. The maximum Gasteiger partial charge on any atom is 0.417 e. The van der Waals surface area contributed by atoms with Crippen LogP contribution in [0.15, 0.2) is 18.3 Å². The van der Waals surface area contributed by atoms with Crippen molar-refractivity contribution in [3.8, 4) is 0 Å². The molecule has 3 rings (SSSR count). The molecular weight excluding hydrogens is 283 g/mol. The summed E-state index contributed by atoms with van der Waals surface area (Å²) in [6.45, 7) is 3.79. The van der Waals surface area contributed by atoms with Crippen molar-refractivity contribution in [2.24, 2.45) is 5.92 Å². The number of nitrogens with zero attached hydrogens (tertiary/aromatic N) is 3. The smallest absolute Gasteiger partial charge is 0.379 e. The van der Waals surface area contributed by atoms with Crippen LogP contribution in [-0.4, -0.2) is 55.8 Å². The number of ether oxygens (including phenoxy) is 1. The van der Waals surface area contributed by atoms with Crippen molar-refractivity contribution in [1.82, 2.24) is 9.88 Å². The van der Waals surface area contributed by atoms with E-state index in [2.05, 4.69) is 21.8 Å². The molecule has 7 heteroatoms. The fourth-order valence-corrected chi connectivity index (χ4v) is 2.98. The van der Waals surface area contributed by atoms with E-state index in [4.69, 9.17) is 4.74 Å². The van der Waals surface area contributed by atoms with Gasteiger partial charge in [0, 0.05) is 31.7 Å². The Morgan fingerprint density at radius 2 is 2.00 bits per heavy atom. The average Bonchev–Trinajstić information content (AvgIpc) is 2.66. The monoisotopic (exact) mass is 301 g/mol. The molecule has 0 amide bonds. The Morgan fingerprint density at radius 3 is 2.67 bits per heavy atom. The van der Waals surface area contributed by atoms with E-state index >= 15 is 0 Å². The zero-order valence-corrected chi connectivity index (χ0v) is 11.8. The second-order valence-corrected chi connectivity index (χ2v) is 5.80. The first-order valence-corrected chi connectivity index (χ1v) is 6.99. The second-order valence-electron chi connectivity index (χ2n) is 5.80. The van der Waals surface area contributed by atoms with E-state index in [9.17, 15) is 13.2 Å². The SMILES string of the molecule is CN1C[C@H]2COC[C@@H]1CN(c1ccc(C(F)(F)F)cn1)C2. The van der Waals surface area contributed by atoms with Crippen molar-refractivity contribution in [3.05, 3.63) is 23.9 Å². The van der Waals surface area contributed by atoms with Crippen LogP contribution in [0.4, 0.5) is 19.0 Å². The highest BCUT2D eigenvalue weighted by Crippen LogP contribution is 2.30. The number of alkyl halides is 3. The third-order valence-electron chi connectivity index (χ3n) is 4.14. The van der Waals surface area contributed by atoms with Crippen LogP contribution in [0.3, 0.4) is 0 Å². The first kappa shape index (κ1) is 14.6. The molecule has 0 unspecified atom stereocenters. The molecular formula is C14H18F3N3O. The maximum atomic E-state index is 12.6. The van der Waals surface area contributed by atoms with Crippen molar-refractivity contribution in [3.63, 3.8) is 0 Å². The second kappa shape index (κ2) is 5.46. The highest BCUT2D eigenvalue weighted by Gasteiger charge is 2.33. The molecule has 1 aromatic heterocycles. The normalized spacial score (nSPS) is 27.5. The number of rotatable bonds is 1. The highest BCUT2D eigenvalue weighted by atomic mass is 19.4. The van der Waals surface area contributed by atoms with Crippen LogP contribution in [0, 0.1) is 5.92 Å². The molecule has 2 bridgehead atoms. The number of aromatic nitrogens is 1. The van der Waals surface area contributed by atoms with Crippen LogP contribution in [0.2, 0.25) is 0 Å². The van der Waals surface area contributed by atoms with E-state index in [1.54, 1.807) is 0 Å². The molecule has 2 aliphatic rings. The Bertz CT molecular complexity index is 491. The quantitative estimate of drug-likeness (QED) is 0.792. The third kappa shape index (κ3) is 3.13. The molecule has 116 valence electrons. The lowest BCUT2D eigenvalue weighted by Crippen LogP contribution is -2.42. The number of anilines is 1. The van der Waals surface area contributed by atoms with E-state index < -0.39 is 11.7 Å². The number of halogens is 3. The molecule has 21 heavy (non-hydrogen) atoms. The van der Waals surface area contributed by atoms with E-state index in [0.717, 1.165) is 31.9 Å². The summed E-state index contributed by atoms with van der Waals surface area (Å²) in [5, 5.41) is 0. The van der Waals surface area contributed by atoms with Crippen LogP contribution in [-0.2, 0) is 10.9 Å². The molecule has 0 aliphatic carbocycles. The molecule has 3 heterocycles. The third-order valence-corrected chi connectivity index (χ3v) is 4.14. The Morgan fingerprint density at radius 1 is 1.19 bits per heavy atom. The Kier molecular flexibility index (Phi) is 3.79. The van der Waals surface area contributed by atoms with Crippen molar-refractivity contribution in [2.75, 3.05) is 44.8 Å². The van der Waals surface area contributed by atoms with Gasteiger partial charge in [-0.05, 0) is 19.2 Å². The van der Waals surface area contributed by atoms with Crippen molar-refractivity contribution in [1.29, 1.82) is 0 Å². The van der Waals surface area contributed by atoms with Crippen LogP contribution in [0.1, 0.15) is 5.56 Å². The Balaban J connectivity index is 1.80. The maximum absolute atomic E-state index is 12.6. The van der Waals surface area contributed by atoms with Gasteiger partial charge in [0.25, 0.3) is 0 Å². The van der Waals surface area contributed by atoms with Gasteiger partial charge in [-0.2, -0.15) is 13.2 Å². The minimum atomic E-state index is -4.34. The summed E-state index contributed by atoms with van der Waals surface area (Å²) in [6, 6.07) is 2.81. The molecule has 0 radical (unpaired) electrons. The molecule has 1 aromatic rings. The lowest BCUT2D eigenvalue weighted by Gasteiger charge is -2.30. The molecule has 2 atom stereocenters. The number of hydrogen-bond donors (Lipinski definition) is 0. The van der Waals surface area contributed by atoms with Gasteiger partial charge in [-0.15, -0.1) is 0 Å². The first-order valence-electron chi connectivity index (χ1n) is 6.99. The van der Waals surface area contributed by atoms with Crippen LogP contribution in [0.5, 0.6) is 0 Å². The summed E-state index contributed by atoms with van der Waals surface area (Å²) in [5.41, 5.74) is -0.707. The molecule has 2 fully saturated rings. The van der Waals surface area contributed by atoms with Crippen molar-refractivity contribution < 1.29 is 17.9 Å². The van der Waals surface area contributed by atoms with E-state index in [1.807, 2.05) is 0 Å². The molecule has 2 saturated heterocycles. The average molecular weight is 301 g/mol. The predicted molar refractivity (Wildman–Crippen MR) is 72.2 cm³/mol. The van der Waals surface area contributed by atoms with Gasteiger partial charge in [0.2, 0.25) is 0 Å². The van der Waals surface area contributed by atoms with E-state index in [1.165, 1.54) is 6.07 Å². The topological polar surface area (TPSA) is 28.6 Å². The number of pyridine rings is 1. The minimum absolute atomic E-state index is 0.251. The number of likely N-dealkylation sites (N-methyl/N-ethyl adjacent to an activating group) is 1. The summed E-state index contributed by atoms with van der Waals surface area (Å²) in [6.07, 6.45) is -3.43. The lowest BCUT2D eigenvalue weighted by molar-refractivity contribution is -0.137. The number of hydrogen-bond acceptors (Lipinski definition) is 4. The summed E-state index contributed by atoms with van der Waals surface area (Å²) in [7, 11) is 2.07. The zero-order chi connectivity index (χ0) is 15.0. The lowest BCUT2D eigenvalue weighted by atomic mass is 10.1. The molecule has 4 nitrogen and oxygen atoms in total. The predicted octanol–water partition coefficient (Wildman–Crippen LogP) is 1.87. The Hall–Kier alpha value is -1.34. The van der Waals surface area contributed by atoms with Crippen LogP contribution < -0.4 is 4.90 Å². The standard InChI is InChI=1S/C14H18F3N3O/c1-19-5-10-6-20(7-12(19)9-21-8-10)13-3-2-11(4-18-13)14(15,16)17/h2-4,10,12H,5-9H2,1H3/t10-,12+/m1/s1. The molecule has 0 aromatic carbocycles. The first-order chi connectivity index (χ1) is 9.93. The summed E-state index contributed by atoms with van der Waals surface area (Å²) >= 11 is 0. The summed E-state index contributed by atoms with van der Waals surface area (Å²) < 4.78 is 43.4. The Labute approximate surface area is 121 Å². The highest BCUT2D eigenvalue weighted by molar-refractivity contribution is 5.40. The van der Waals surface area contributed by atoms with Gasteiger partial charge in [0.15, 0.2) is 0 Å². The summed E-state index contributed by atoms with van der Waals surface area (Å²) in [4.78, 5) is 8.35. The molecule has 0 N–H and O–H groups in total. The van der Waals surface area contributed by atoms with Gasteiger partial charge < -0.3 is 9.64 Å². The van der Waals surface area contributed by atoms with Crippen molar-refractivity contribution in [2.45, 2.75) is 12.2 Å². The summed E-state index contributed by atoms with van der Waals surface area (Å²) in [5.74, 6) is 0.960. The fourth-order valence-electron chi connectivity index (χ4n) is 2.98. The van der Waals surface area contributed by atoms with E-state index in [0.29, 0.717) is 24.9 Å². The van der Waals surface area contributed by atoms with Crippen LogP contribution in [0.25, 0.3) is 0 Å². The largest absolute Gasteiger partial charge is 0.417 e. The van der Waals surface area contributed by atoms with Gasteiger partial charge >= 0.3 is 6.18 Å². The van der Waals surface area contributed by atoms with E-state index in [-0.39, 0.29) is 6.04 Å². The zero-order valence-electron chi connectivity index (χ0n) is 11.8. The van der Waals surface area contributed by atoms with Gasteiger partial charge in [-0.25, -0.2) is 4.98 Å². The van der Waals surface area contributed by atoms with Gasteiger partial charge in [0.1, 0.15) is 5.82 Å². The van der Waals surface area contributed by atoms with Crippen LogP contribution >= 0.6 is 0 Å². The van der Waals surface area contributed by atoms with Gasteiger partial charge in [-0.1, -0.05) is 0 Å². The van der Waals surface area contributed by atoms with Gasteiger partial charge in [0.05, 0.1) is 24.8 Å².